The number of rotatable bonds is 10. The summed E-state index contributed by atoms with van der Waals surface area (Å²) in [5.74, 6) is -0.211. The van der Waals surface area contributed by atoms with Crippen molar-refractivity contribution in [2.24, 2.45) is 0 Å². The van der Waals surface area contributed by atoms with E-state index in [2.05, 4.69) is 5.32 Å². The van der Waals surface area contributed by atoms with Gasteiger partial charge in [0.25, 0.3) is 0 Å². The number of alkyl carbamates (subject to hydrolysis) is 1. The minimum atomic E-state index is -0.537. The third kappa shape index (κ3) is 10.7. The van der Waals surface area contributed by atoms with Crippen LogP contribution in [-0.2, 0) is 25.6 Å². The molecule has 6 heteroatoms. The van der Waals surface area contributed by atoms with Crippen molar-refractivity contribution in [1.82, 2.24) is 5.32 Å². The van der Waals surface area contributed by atoms with Crippen LogP contribution < -0.4 is 5.32 Å². The molecule has 0 saturated carbocycles. The standard InChI is InChI=1S/C20H31NO5/c1-20(2,3)26-19(23)21-17(15-24-4)12-8-9-13-18(22)25-14-16-10-6-5-7-11-16/h5-7,10-11,17H,8-9,12-15H2,1-4H3,(H,21,23)/t17-/m0/s1. The lowest BCUT2D eigenvalue weighted by atomic mass is 10.1. The summed E-state index contributed by atoms with van der Waals surface area (Å²) in [5.41, 5.74) is 0.437. The summed E-state index contributed by atoms with van der Waals surface area (Å²) in [5, 5.41) is 2.81. The van der Waals surface area contributed by atoms with Crippen molar-refractivity contribution < 1.29 is 23.8 Å². The molecule has 1 rings (SSSR count). The first-order chi connectivity index (χ1) is 12.3. The summed E-state index contributed by atoms with van der Waals surface area (Å²) in [7, 11) is 1.59. The van der Waals surface area contributed by atoms with Gasteiger partial charge in [0.05, 0.1) is 12.6 Å². The maximum atomic E-state index is 11.8. The Morgan fingerprint density at radius 1 is 1.12 bits per heavy atom. The number of benzene rings is 1. The number of hydrogen-bond acceptors (Lipinski definition) is 5. The van der Waals surface area contributed by atoms with E-state index in [9.17, 15) is 9.59 Å². The largest absolute Gasteiger partial charge is 0.461 e. The highest BCUT2D eigenvalue weighted by Gasteiger charge is 2.19. The number of esters is 1. The second kappa shape index (κ2) is 11.5. The van der Waals surface area contributed by atoms with Crippen molar-refractivity contribution in [2.75, 3.05) is 13.7 Å². The summed E-state index contributed by atoms with van der Waals surface area (Å²) < 4.78 is 15.6. The molecular formula is C20H31NO5. The molecule has 0 aliphatic heterocycles. The van der Waals surface area contributed by atoms with Crippen molar-refractivity contribution in [3.63, 3.8) is 0 Å². The van der Waals surface area contributed by atoms with Crippen LogP contribution >= 0.6 is 0 Å². The molecule has 0 fully saturated rings. The first-order valence-electron chi connectivity index (χ1n) is 8.98. The summed E-state index contributed by atoms with van der Waals surface area (Å²) in [6, 6.07) is 9.45. The zero-order valence-corrected chi connectivity index (χ0v) is 16.2. The highest BCUT2D eigenvalue weighted by Crippen LogP contribution is 2.10. The molecule has 0 heterocycles. The number of carbonyl (C=O) groups is 2. The molecule has 0 radical (unpaired) electrons. The third-order valence-corrected chi connectivity index (χ3v) is 3.51. The predicted octanol–water partition coefficient (Wildman–Crippen LogP) is 3.83. The molecule has 1 atom stereocenters. The molecule has 0 spiro atoms. The van der Waals surface area contributed by atoms with Crippen molar-refractivity contribution in [1.29, 1.82) is 0 Å². The zero-order chi connectivity index (χ0) is 19.4. The van der Waals surface area contributed by atoms with Gasteiger partial charge in [0, 0.05) is 13.5 Å². The minimum absolute atomic E-state index is 0.143. The smallest absolute Gasteiger partial charge is 0.407 e. The SMILES string of the molecule is COC[C@H](CCCCC(=O)OCc1ccccc1)NC(=O)OC(C)(C)C. The van der Waals surface area contributed by atoms with E-state index >= 15 is 0 Å². The van der Waals surface area contributed by atoms with Gasteiger partial charge in [-0.3, -0.25) is 4.79 Å². The molecule has 0 saturated heterocycles. The molecule has 6 nitrogen and oxygen atoms in total. The molecule has 1 N–H and O–H groups in total. The van der Waals surface area contributed by atoms with Gasteiger partial charge in [0.15, 0.2) is 0 Å². The van der Waals surface area contributed by atoms with Crippen LogP contribution in [0, 0.1) is 0 Å². The second-order valence-corrected chi connectivity index (χ2v) is 7.19. The van der Waals surface area contributed by atoms with Crippen molar-refractivity contribution in [2.45, 2.75) is 64.7 Å². The van der Waals surface area contributed by atoms with Crippen LogP contribution in [0.4, 0.5) is 4.79 Å². The molecule has 1 aromatic rings. The maximum Gasteiger partial charge on any atom is 0.407 e. The maximum absolute atomic E-state index is 11.8. The van der Waals surface area contributed by atoms with Crippen LogP contribution in [0.1, 0.15) is 52.0 Å². The normalized spacial score (nSPS) is 12.3. The number of methoxy groups -OCH3 is 1. The fourth-order valence-corrected chi connectivity index (χ4v) is 2.34. The second-order valence-electron chi connectivity index (χ2n) is 7.19. The average Bonchev–Trinajstić information content (AvgIpc) is 2.56. The van der Waals surface area contributed by atoms with Crippen molar-refractivity contribution in [3.05, 3.63) is 35.9 Å². The van der Waals surface area contributed by atoms with E-state index in [0.29, 0.717) is 32.5 Å². The molecule has 0 aliphatic carbocycles. The summed E-state index contributed by atoms with van der Waals surface area (Å²) in [6.45, 7) is 6.15. The summed E-state index contributed by atoms with van der Waals surface area (Å²) >= 11 is 0. The minimum Gasteiger partial charge on any atom is -0.461 e. The van der Waals surface area contributed by atoms with Crippen LogP contribution in [0.3, 0.4) is 0 Å². The first kappa shape index (κ1) is 22.0. The van der Waals surface area contributed by atoms with E-state index in [-0.39, 0.29) is 12.0 Å². The van der Waals surface area contributed by atoms with Crippen LogP contribution in [-0.4, -0.2) is 37.4 Å². The van der Waals surface area contributed by atoms with Gasteiger partial charge in [-0.25, -0.2) is 4.79 Å². The lowest BCUT2D eigenvalue weighted by molar-refractivity contribution is -0.145. The van der Waals surface area contributed by atoms with Crippen molar-refractivity contribution in [3.8, 4) is 0 Å². The van der Waals surface area contributed by atoms with Gasteiger partial charge in [-0.15, -0.1) is 0 Å². The molecule has 26 heavy (non-hydrogen) atoms. The lowest BCUT2D eigenvalue weighted by Gasteiger charge is -2.23. The highest BCUT2D eigenvalue weighted by molar-refractivity contribution is 5.69. The molecule has 1 amide bonds. The van der Waals surface area contributed by atoms with Gasteiger partial charge < -0.3 is 19.5 Å². The van der Waals surface area contributed by atoms with Crippen molar-refractivity contribution >= 4 is 12.1 Å². The molecular weight excluding hydrogens is 334 g/mol. The van der Waals surface area contributed by atoms with Gasteiger partial charge in [0.2, 0.25) is 0 Å². The average molecular weight is 365 g/mol. The number of hydrogen-bond donors (Lipinski definition) is 1. The quantitative estimate of drug-likeness (QED) is 0.504. The Morgan fingerprint density at radius 2 is 1.81 bits per heavy atom. The van der Waals surface area contributed by atoms with Crippen LogP contribution in [0.5, 0.6) is 0 Å². The Balaban J connectivity index is 2.23. The van der Waals surface area contributed by atoms with Crippen LogP contribution in [0.25, 0.3) is 0 Å². The Labute approximate surface area is 156 Å². The Bertz CT molecular complexity index is 539. The summed E-state index contributed by atoms with van der Waals surface area (Å²) in [6.07, 6.45) is 2.09. The molecule has 0 unspecified atom stereocenters. The molecule has 0 bridgehead atoms. The Hall–Kier alpha value is -2.08. The number of unbranched alkanes of at least 4 members (excludes halogenated alkanes) is 1. The van der Waals surface area contributed by atoms with E-state index in [4.69, 9.17) is 14.2 Å². The molecule has 0 aromatic heterocycles. The number of nitrogens with one attached hydrogen (secondary N) is 1. The number of ether oxygens (including phenoxy) is 3. The number of amides is 1. The van der Waals surface area contributed by atoms with E-state index in [1.807, 2.05) is 51.1 Å². The first-order valence-corrected chi connectivity index (χ1v) is 8.98. The number of carbonyl (C=O) groups excluding carboxylic acids is 2. The van der Waals surface area contributed by atoms with Gasteiger partial charge in [-0.1, -0.05) is 36.8 Å². The molecule has 1 aromatic carbocycles. The molecule has 0 aliphatic rings. The van der Waals surface area contributed by atoms with Gasteiger partial charge in [-0.05, 0) is 39.2 Å². The fourth-order valence-electron chi connectivity index (χ4n) is 2.34. The Kier molecular flexibility index (Phi) is 9.73. The van der Waals surface area contributed by atoms with E-state index in [1.54, 1.807) is 7.11 Å². The zero-order valence-electron chi connectivity index (χ0n) is 16.2. The topological polar surface area (TPSA) is 73.9 Å². The fraction of sp³-hybridized carbons (Fsp3) is 0.600. The predicted molar refractivity (Wildman–Crippen MR) is 99.7 cm³/mol. The van der Waals surface area contributed by atoms with Crippen LogP contribution in [0.15, 0.2) is 30.3 Å². The lowest BCUT2D eigenvalue weighted by Crippen LogP contribution is -2.41. The molecule has 146 valence electrons. The van der Waals surface area contributed by atoms with Crippen LogP contribution in [0.2, 0.25) is 0 Å². The van der Waals surface area contributed by atoms with E-state index in [0.717, 1.165) is 12.0 Å². The van der Waals surface area contributed by atoms with Gasteiger partial charge in [0.1, 0.15) is 12.2 Å². The summed E-state index contributed by atoms with van der Waals surface area (Å²) in [4.78, 5) is 23.6. The third-order valence-electron chi connectivity index (χ3n) is 3.51. The highest BCUT2D eigenvalue weighted by atomic mass is 16.6. The van der Waals surface area contributed by atoms with Gasteiger partial charge >= 0.3 is 12.1 Å². The van der Waals surface area contributed by atoms with E-state index in [1.165, 1.54) is 0 Å². The van der Waals surface area contributed by atoms with Gasteiger partial charge in [-0.2, -0.15) is 0 Å². The van der Waals surface area contributed by atoms with E-state index < -0.39 is 11.7 Å². The Morgan fingerprint density at radius 3 is 2.42 bits per heavy atom. The monoisotopic (exact) mass is 365 g/mol.